The van der Waals surface area contributed by atoms with E-state index in [2.05, 4.69) is 31.4 Å². The predicted octanol–water partition coefficient (Wildman–Crippen LogP) is 5.61. The van der Waals surface area contributed by atoms with Crippen LogP contribution in [0.4, 0.5) is 5.82 Å². The van der Waals surface area contributed by atoms with Gasteiger partial charge < -0.3 is 20.7 Å². The Hall–Kier alpha value is -4.94. The number of imidazole rings is 1. The maximum absolute atomic E-state index is 14.2. The van der Waals surface area contributed by atoms with Gasteiger partial charge in [0.05, 0.1) is 34.7 Å². The Bertz CT molecular complexity index is 2090. The molecule has 13 heteroatoms. The second-order valence-corrected chi connectivity index (χ2v) is 13.2. The second-order valence-electron chi connectivity index (χ2n) is 11.9. The molecular formula is C35H31BrClN7O4. The summed E-state index contributed by atoms with van der Waals surface area (Å²) in [5.74, 6) is 0.282. The minimum atomic E-state index is -0.467. The molecule has 0 radical (unpaired) electrons. The van der Waals surface area contributed by atoms with Crippen molar-refractivity contribution >= 4 is 45.2 Å². The van der Waals surface area contributed by atoms with Crippen molar-refractivity contribution in [1.29, 1.82) is 0 Å². The van der Waals surface area contributed by atoms with Gasteiger partial charge in [0.1, 0.15) is 17.3 Å². The molecule has 5 aromatic rings. The molecule has 11 nitrogen and oxygen atoms in total. The molecule has 2 aliphatic rings. The van der Waals surface area contributed by atoms with Crippen LogP contribution in [0.15, 0.2) is 88.1 Å². The molecule has 1 saturated carbocycles. The van der Waals surface area contributed by atoms with E-state index in [9.17, 15) is 14.4 Å². The molecule has 2 amide bonds. The number of fused-ring (bicyclic) bond motifs is 1. The van der Waals surface area contributed by atoms with Gasteiger partial charge in [0.15, 0.2) is 0 Å². The van der Waals surface area contributed by atoms with Crippen LogP contribution in [0.25, 0.3) is 16.9 Å². The van der Waals surface area contributed by atoms with Crippen LogP contribution in [0.3, 0.4) is 0 Å². The van der Waals surface area contributed by atoms with Crippen molar-refractivity contribution in [2.75, 3.05) is 5.73 Å². The van der Waals surface area contributed by atoms with E-state index in [1.807, 2.05) is 31.2 Å². The van der Waals surface area contributed by atoms with E-state index in [0.29, 0.717) is 43.7 Å². The topological polar surface area (TPSA) is 137 Å². The lowest BCUT2D eigenvalue weighted by molar-refractivity contribution is 0.0610. The van der Waals surface area contributed by atoms with E-state index in [1.54, 1.807) is 64.1 Å². The number of nitrogen functional groups attached to an aromatic ring is 1. The van der Waals surface area contributed by atoms with Gasteiger partial charge in [-0.25, -0.2) is 4.79 Å². The summed E-state index contributed by atoms with van der Waals surface area (Å²) in [4.78, 5) is 43.8. The summed E-state index contributed by atoms with van der Waals surface area (Å²) >= 11 is 9.69. The number of hydrogen-bond acceptors (Lipinski definition) is 7. The predicted molar refractivity (Wildman–Crippen MR) is 185 cm³/mol. The largest absolute Gasteiger partial charge is 0.490 e. The highest BCUT2D eigenvalue weighted by Gasteiger charge is 2.35. The fraction of sp³-hybridized carbons (Fsp3) is 0.229. The number of hydrogen-bond donors (Lipinski definition) is 2. The van der Waals surface area contributed by atoms with Crippen molar-refractivity contribution in [1.82, 2.24) is 29.5 Å². The van der Waals surface area contributed by atoms with Gasteiger partial charge >= 0.3 is 5.69 Å². The summed E-state index contributed by atoms with van der Waals surface area (Å²) in [5, 5.41) is 11.6. The number of benzene rings is 3. The van der Waals surface area contributed by atoms with Crippen LogP contribution in [0.5, 0.6) is 5.75 Å². The van der Waals surface area contributed by atoms with Crippen LogP contribution in [0.2, 0.25) is 5.02 Å². The van der Waals surface area contributed by atoms with Crippen LogP contribution in [0, 0.1) is 0 Å². The molecule has 1 fully saturated rings. The zero-order chi connectivity index (χ0) is 33.5. The highest BCUT2D eigenvalue weighted by molar-refractivity contribution is 9.10. The fourth-order valence-electron chi connectivity index (χ4n) is 5.88. The van der Waals surface area contributed by atoms with Gasteiger partial charge in [0.2, 0.25) is 0 Å². The van der Waals surface area contributed by atoms with Gasteiger partial charge in [-0.3, -0.25) is 18.7 Å². The van der Waals surface area contributed by atoms with Crippen LogP contribution in [-0.2, 0) is 19.6 Å². The Balaban J connectivity index is 1.25. The van der Waals surface area contributed by atoms with Gasteiger partial charge in [0, 0.05) is 34.7 Å². The van der Waals surface area contributed by atoms with Gasteiger partial charge in [-0.15, -0.1) is 10.2 Å². The Morgan fingerprint density at radius 1 is 1.04 bits per heavy atom. The number of aromatic nitrogens is 4. The second kappa shape index (κ2) is 12.9. The van der Waals surface area contributed by atoms with Gasteiger partial charge in [-0.05, 0) is 95.9 Å². The van der Waals surface area contributed by atoms with Crippen LogP contribution < -0.4 is 21.5 Å². The fourth-order valence-corrected chi connectivity index (χ4v) is 6.31. The van der Waals surface area contributed by atoms with Crippen molar-refractivity contribution in [2.45, 2.75) is 51.5 Å². The Labute approximate surface area is 289 Å². The molecule has 0 unspecified atom stereocenters. The molecule has 0 spiro atoms. The average Bonchev–Trinajstić information content (AvgIpc) is 3.87. The zero-order valence-corrected chi connectivity index (χ0v) is 28.2. The maximum Gasteiger partial charge on any atom is 0.333 e. The van der Waals surface area contributed by atoms with E-state index < -0.39 is 5.91 Å². The normalized spacial score (nSPS) is 15.6. The van der Waals surface area contributed by atoms with Crippen molar-refractivity contribution < 1.29 is 14.3 Å². The number of amides is 2. The first-order valence-electron chi connectivity index (χ1n) is 15.5. The monoisotopic (exact) mass is 727 g/mol. The standard InChI is InChI=1S/C35H31BrClN7O4/c1-20-18-43-30(19-42(20)34(46)21-6-13-27(36)28(37)16-21)32(44(35(43)47)23-7-9-24(10-8-23)48-25-11-12-25)33(45)39-17-22-4-2-3-5-26(22)29-14-15-31(38)41-40-29/h2-10,13-16,20,25H,11-12,17-19H2,1H3,(H2,38,41)(H,39,45)/t20-/m1/s1. The molecule has 7 rings (SSSR count). The highest BCUT2D eigenvalue weighted by atomic mass is 79.9. The molecule has 3 aromatic carbocycles. The molecular weight excluding hydrogens is 698 g/mol. The summed E-state index contributed by atoms with van der Waals surface area (Å²) < 4.78 is 9.60. The Kier molecular flexibility index (Phi) is 8.52. The number of carbonyl (C=O) groups is 2. The SMILES string of the molecule is C[C@@H]1Cn2c(c(C(=O)NCc3ccccc3-c3ccc(N)nn3)n(-c3ccc(OC4CC4)cc3)c2=O)CN1C(=O)c1ccc(Br)c(Cl)c1. The highest BCUT2D eigenvalue weighted by Crippen LogP contribution is 2.30. The third kappa shape index (κ3) is 6.20. The zero-order valence-electron chi connectivity index (χ0n) is 25.9. The van der Waals surface area contributed by atoms with E-state index in [4.69, 9.17) is 22.1 Å². The Morgan fingerprint density at radius 2 is 1.81 bits per heavy atom. The third-order valence-electron chi connectivity index (χ3n) is 8.53. The van der Waals surface area contributed by atoms with E-state index >= 15 is 0 Å². The lowest BCUT2D eigenvalue weighted by atomic mass is 10.0. The average molecular weight is 729 g/mol. The number of nitrogens with one attached hydrogen (secondary N) is 1. The molecule has 244 valence electrons. The lowest BCUT2D eigenvalue weighted by Crippen LogP contribution is -2.47. The smallest absolute Gasteiger partial charge is 0.333 e. The molecule has 3 heterocycles. The van der Waals surface area contributed by atoms with Crippen molar-refractivity contribution in [3.05, 3.63) is 121 Å². The van der Waals surface area contributed by atoms with E-state index in [0.717, 1.165) is 24.0 Å². The van der Waals surface area contributed by atoms with Gasteiger partial charge in [-0.2, -0.15) is 0 Å². The number of rotatable bonds is 8. The number of anilines is 1. The summed E-state index contributed by atoms with van der Waals surface area (Å²) in [6.07, 6.45) is 2.26. The van der Waals surface area contributed by atoms with Crippen molar-refractivity contribution in [2.24, 2.45) is 0 Å². The molecule has 3 N–H and O–H groups in total. The number of nitrogens with zero attached hydrogens (tertiary/aromatic N) is 5. The first-order valence-corrected chi connectivity index (χ1v) is 16.7. The summed E-state index contributed by atoms with van der Waals surface area (Å²) in [5.41, 5.74) is 9.07. The first-order chi connectivity index (χ1) is 23.2. The molecule has 0 bridgehead atoms. The minimum Gasteiger partial charge on any atom is -0.490 e. The summed E-state index contributed by atoms with van der Waals surface area (Å²) in [6, 6.07) is 22.8. The number of halogens is 2. The van der Waals surface area contributed by atoms with Crippen LogP contribution >= 0.6 is 27.5 Å². The van der Waals surface area contributed by atoms with Crippen molar-refractivity contribution in [3.8, 4) is 22.7 Å². The van der Waals surface area contributed by atoms with E-state index in [-0.39, 0.29) is 49.1 Å². The molecule has 1 aliphatic carbocycles. The van der Waals surface area contributed by atoms with Gasteiger partial charge in [0.25, 0.3) is 11.8 Å². The number of ether oxygens (including phenoxy) is 1. The quantitative estimate of drug-likeness (QED) is 0.212. The number of carbonyl (C=O) groups excluding carboxylic acids is 2. The summed E-state index contributed by atoms with van der Waals surface area (Å²) in [7, 11) is 0. The minimum absolute atomic E-state index is 0.0408. The lowest BCUT2D eigenvalue weighted by Gasteiger charge is -2.34. The molecule has 1 aliphatic heterocycles. The number of nitrogens with two attached hydrogens (primary N) is 1. The molecule has 1 atom stereocenters. The molecule has 48 heavy (non-hydrogen) atoms. The van der Waals surface area contributed by atoms with Crippen molar-refractivity contribution in [3.63, 3.8) is 0 Å². The Morgan fingerprint density at radius 3 is 2.52 bits per heavy atom. The van der Waals surface area contributed by atoms with Crippen LogP contribution in [-0.4, -0.2) is 48.2 Å². The van der Waals surface area contributed by atoms with E-state index in [1.165, 1.54) is 4.57 Å². The maximum atomic E-state index is 14.2. The first kappa shape index (κ1) is 31.6. The molecule has 2 aromatic heterocycles. The molecule has 0 saturated heterocycles. The van der Waals surface area contributed by atoms with Gasteiger partial charge in [-0.1, -0.05) is 35.9 Å². The summed E-state index contributed by atoms with van der Waals surface area (Å²) in [6.45, 7) is 2.27. The van der Waals surface area contributed by atoms with Crippen LogP contribution in [0.1, 0.15) is 51.9 Å². The third-order valence-corrected chi connectivity index (χ3v) is 9.76.